The molecule has 0 unspecified atom stereocenters. The molecule has 0 spiro atoms. The number of halogens is 2. The number of anilines is 1. The van der Waals surface area contributed by atoms with E-state index in [1.165, 1.54) is 18.2 Å². The second-order valence-electron chi connectivity index (χ2n) is 3.95. The number of carbonyl (C=O) groups is 1. The second kappa shape index (κ2) is 5.15. The van der Waals surface area contributed by atoms with Gasteiger partial charge in [0.2, 0.25) is 5.71 Å². The fourth-order valence-electron chi connectivity index (χ4n) is 1.36. The van der Waals surface area contributed by atoms with E-state index in [9.17, 15) is 9.18 Å². The summed E-state index contributed by atoms with van der Waals surface area (Å²) >= 11 is 5.59. The third-order valence-corrected chi connectivity index (χ3v) is 2.79. The van der Waals surface area contributed by atoms with Gasteiger partial charge in [-0.3, -0.25) is 10.2 Å². The summed E-state index contributed by atoms with van der Waals surface area (Å²) < 4.78 is 12.9. The van der Waals surface area contributed by atoms with Gasteiger partial charge in [-0.2, -0.15) is 10.4 Å². The first-order chi connectivity index (χ1) is 8.61. The van der Waals surface area contributed by atoms with Gasteiger partial charge in [0.15, 0.2) is 5.78 Å². The van der Waals surface area contributed by atoms with Crippen molar-refractivity contribution in [3.8, 4) is 6.07 Å². The number of nitriles is 1. The van der Waals surface area contributed by atoms with E-state index in [1.54, 1.807) is 6.07 Å². The van der Waals surface area contributed by atoms with Crippen molar-refractivity contribution in [2.24, 2.45) is 11.0 Å². The molecule has 92 valence electrons. The van der Waals surface area contributed by atoms with Gasteiger partial charge in [0.25, 0.3) is 0 Å². The summed E-state index contributed by atoms with van der Waals surface area (Å²) in [5.41, 5.74) is 2.77. The monoisotopic (exact) mass is 265 g/mol. The molecule has 1 aliphatic rings. The smallest absolute Gasteiger partial charge is 0.203 e. The Kier molecular flexibility index (Phi) is 3.58. The van der Waals surface area contributed by atoms with Crippen LogP contribution in [0.5, 0.6) is 0 Å². The van der Waals surface area contributed by atoms with Crippen LogP contribution in [0.3, 0.4) is 0 Å². The molecule has 1 aromatic rings. The van der Waals surface area contributed by atoms with Crippen molar-refractivity contribution >= 4 is 28.8 Å². The highest BCUT2D eigenvalue weighted by Crippen LogP contribution is 2.30. The first-order valence-electron chi connectivity index (χ1n) is 5.35. The van der Waals surface area contributed by atoms with Crippen LogP contribution in [-0.4, -0.2) is 11.5 Å². The molecule has 0 heterocycles. The van der Waals surface area contributed by atoms with E-state index in [1.807, 2.05) is 0 Å². The van der Waals surface area contributed by atoms with E-state index in [0.29, 0.717) is 5.69 Å². The van der Waals surface area contributed by atoms with E-state index in [0.717, 1.165) is 12.8 Å². The van der Waals surface area contributed by atoms with Crippen LogP contribution in [0.15, 0.2) is 23.3 Å². The maximum Gasteiger partial charge on any atom is 0.203 e. The Morgan fingerprint density at radius 2 is 2.28 bits per heavy atom. The minimum atomic E-state index is -0.541. The summed E-state index contributed by atoms with van der Waals surface area (Å²) in [5.74, 6) is -0.860. The fraction of sp³-hybridized carbons (Fsp3) is 0.250. The number of carbonyl (C=O) groups excluding carboxylic acids is 1. The average Bonchev–Trinajstić information content (AvgIpc) is 3.18. The van der Waals surface area contributed by atoms with Crippen LogP contribution in [0.4, 0.5) is 10.1 Å². The quantitative estimate of drug-likeness (QED) is 0.672. The van der Waals surface area contributed by atoms with Gasteiger partial charge in [0.05, 0.1) is 10.7 Å². The highest BCUT2D eigenvalue weighted by molar-refractivity contribution is 6.47. The van der Waals surface area contributed by atoms with Gasteiger partial charge in [0, 0.05) is 5.92 Å². The first-order valence-corrected chi connectivity index (χ1v) is 5.72. The van der Waals surface area contributed by atoms with Crippen LogP contribution >= 0.6 is 11.6 Å². The van der Waals surface area contributed by atoms with E-state index < -0.39 is 5.82 Å². The zero-order valence-corrected chi connectivity index (χ0v) is 10.0. The van der Waals surface area contributed by atoms with E-state index >= 15 is 0 Å². The van der Waals surface area contributed by atoms with Crippen LogP contribution < -0.4 is 5.43 Å². The number of rotatable bonds is 4. The van der Waals surface area contributed by atoms with Crippen molar-refractivity contribution < 1.29 is 9.18 Å². The number of ketones is 1. The summed E-state index contributed by atoms with van der Waals surface area (Å²) in [6.45, 7) is 0. The largest absolute Gasteiger partial charge is 0.291 e. The van der Waals surface area contributed by atoms with E-state index in [4.69, 9.17) is 16.9 Å². The van der Waals surface area contributed by atoms with Crippen LogP contribution in [0.25, 0.3) is 0 Å². The van der Waals surface area contributed by atoms with E-state index in [2.05, 4.69) is 10.5 Å². The molecule has 0 saturated heterocycles. The van der Waals surface area contributed by atoms with Gasteiger partial charge in [0.1, 0.15) is 11.9 Å². The number of benzene rings is 1. The Morgan fingerprint density at radius 1 is 1.56 bits per heavy atom. The summed E-state index contributed by atoms with van der Waals surface area (Å²) in [4.78, 5) is 11.6. The van der Waals surface area contributed by atoms with Crippen LogP contribution in [-0.2, 0) is 4.79 Å². The molecule has 6 heteroatoms. The molecule has 0 bridgehead atoms. The molecule has 0 amide bonds. The zero-order chi connectivity index (χ0) is 13.1. The Labute approximate surface area is 108 Å². The molecule has 1 aromatic carbocycles. The van der Waals surface area contributed by atoms with Crippen LogP contribution in [0, 0.1) is 23.1 Å². The molecule has 2 rings (SSSR count). The number of Topliss-reactive ketones (excluding diaryl/α,β-unsaturated/α-hetero) is 1. The zero-order valence-electron chi connectivity index (χ0n) is 9.28. The molecule has 0 atom stereocenters. The minimum absolute atomic E-state index is 0.0535. The highest BCUT2D eigenvalue weighted by Gasteiger charge is 2.33. The molecular weight excluding hydrogens is 257 g/mol. The summed E-state index contributed by atoms with van der Waals surface area (Å²) in [5, 5.41) is 12.5. The summed E-state index contributed by atoms with van der Waals surface area (Å²) in [6, 6.07) is 5.67. The molecular formula is C12H9ClFN3O. The van der Waals surface area contributed by atoms with Gasteiger partial charge in [-0.05, 0) is 31.0 Å². The lowest BCUT2D eigenvalue weighted by molar-refractivity contribution is -0.113. The fourth-order valence-corrected chi connectivity index (χ4v) is 1.54. The van der Waals surface area contributed by atoms with Crippen molar-refractivity contribution in [3.63, 3.8) is 0 Å². The topological polar surface area (TPSA) is 65.2 Å². The van der Waals surface area contributed by atoms with Gasteiger partial charge in [-0.25, -0.2) is 4.39 Å². The molecule has 18 heavy (non-hydrogen) atoms. The standard InChI is InChI=1S/C12H9ClFN3O/c13-9-5-8(3-4-10(9)14)16-17-11(6-15)12(18)7-1-2-7/h3-5,7,16H,1-2H2/b17-11+. The molecule has 0 radical (unpaired) electrons. The number of nitrogens with zero attached hydrogens (tertiary/aromatic N) is 2. The predicted molar refractivity (Wildman–Crippen MR) is 65.8 cm³/mol. The minimum Gasteiger partial charge on any atom is -0.291 e. The lowest BCUT2D eigenvalue weighted by Gasteiger charge is -2.02. The lowest BCUT2D eigenvalue weighted by Crippen LogP contribution is -2.15. The Bertz CT molecular complexity index is 561. The predicted octanol–water partition coefficient (Wildman–Crippen LogP) is 2.75. The molecule has 1 N–H and O–H groups in total. The normalized spacial score (nSPS) is 15.1. The van der Waals surface area contributed by atoms with Crippen molar-refractivity contribution in [2.75, 3.05) is 5.43 Å². The summed E-state index contributed by atoms with van der Waals surface area (Å²) in [6.07, 6.45) is 1.61. The number of nitrogens with one attached hydrogen (secondary N) is 1. The second-order valence-corrected chi connectivity index (χ2v) is 4.36. The highest BCUT2D eigenvalue weighted by atomic mass is 35.5. The van der Waals surface area contributed by atoms with E-state index in [-0.39, 0.29) is 22.4 Å². The van der Waals surface area contributed by atoms with Crippen molar-refractivity contribution in [3.05, 3.63) is 29.0 Å². The van der Waals surface area contributed by atoms with Crippen molar-refractivity contribution in [1.82, 2.24) is 0 Å². The number of hydrogen-bond donors (Lipinski definition) is 1. The Hall–Kier alpha value is -1.93. The summed E-state index contributed by atoms with van der Waals surface area (Å²) in [7, 11) is 0. The maximum atomic E-state index is 12.9. The van der Waals surface area contributed by atoms with Crippen LogP contribution in [0.2, 0.25) is 5.02 Å². The first kappa shape index (κ1) is 12.5. The molecule has 0 aromatic heterocycles. The Balaban J connectivity index is 2.10. The van der Waals surface area contributed by atoms with Gasteiger partial charge < -0.3 is 0 Å². The molecule has 0 aliphatic heterocycles. The van der Waals surface area contributed by atoms with Gasteiger partial charge in [-0.15, -0.1) is 0 Å². The molecule has 1 fully saturated rings. The van der Waals surface area contributed by atoms with Crippen LogP contribution in [0.1, 0.15) is 12.8 Å². The SMILES string of the molecule is N#C/C(=N\Nc1ccc(F)c(Cl)c1)C(=O)C1CC1. The molecule has 4 nitrogen and oxygen atoms in total. The van der Waals surface area contributed by atoms with Gasteiger partial charge in [-0.1, -0.05) is 11.6 Å². The Morgan fingerprint density at radius 3 is 2.83 bits per heavy atom. The lowest BCUT2D eigenvalue weighted by atomic mass is 10.2. The average molecular weight is 266 g/mol. The third kappa shape index (κ3) is 2.84. The van der Waals surface area contributed by atoms with Crippen molar-refractivity contribution in [1.29, 1.82) is 5.26 Å². The maximum absolute atomic E-state index is 12.9. The number of hydrogen-bond acceptors (Lipinski definition) is 4. The number of hydrazone groups is 1. The van der Waals surface area contributed by atoms with Crippen molar-refractivity contribution in [2.45, 2.75) is 12.8 Å². The molecule has 1 aliphatic carbocycles. The third-order valence-electron chi connectivity index (χ3n) is 2.50. The van der Waals surface area contributed by atoms with Gasteiger partial charge >= 0.3 is 0 Å². The molecule has 1 saturated carbocycles.